The molecule has 120 valence electrons. The van der Waals surface area contributed by atoms with Gasteiger partial charge in [-0.1, -0.05) is 11.6 Å². The molecule has 0 atom stereocenters. The highest BCUT2D eigenvalue weighted by Crippen LogP contribution is 2.23. The molecule has 0 bridgehead atoms. The number of carbonyl (C=O) groups excluding carboxylic acids is 2. The van der Waals surface area contributed by atoms with Gasteiger partial charge in [0.15, 0.2) is 0 Å². The molecule has 1 aliphatic rings. The standard InChI is InChI=1S/C16H16ClN3O2S/c17-14-3-2-13(23-14)16(22)20-9-1-8-19(10-11-20)15(21)12-4-6-18-7-5-12/h2-7H,1,8-11H2. The Morgan fingerprint density at radius 2 is 1.61 bits per heavy atom. The number of hydrogen-bond acceptors (Lipinski definition) is 4. The summed E-state index contributed by atoms with van der Waals surface area (Å²) >= 11 is 7.18. The highest BCUT2D eigenvalue weighted by atomic mass is 35.5. The Morgan fingerprint density at radius 3 is 2.22 bits per heavy atom. The predicted octanol–water partition coefficient (Wildman–Crippen LogP) is 2.78. The summed E-state index contributed by atoms with van der Waals surface area (Å²) in [6.07, 6.45) is 3.99. The Bertz CT molecular complexity index is 704. The number of carbonyl (C=O) groups is 2. The first-order valence-corrected chi connectivity index (χ1v) is 8.58. The summed E-state index contributed by atoms with van der Waals surface area (Å²) in [5.41, 5.74) is 0.629. The Labute approximate surface area is 143 Å². The summed E-state index contributed by atoms with van der Waals surface area (Å²) in [5, 5.41) is 0. The lowest BCUT2D eigenvalue weighted by Crippen LogP contribution is -2.37. The van der Waals surface area contributed by atoms with Crippen LogP contribution in [-0.2, 0) is 0 Å². The third kappa shape index (κ3) is 3.71. The Kier molecular flexibility index (Phi) is 4.93. The van der Waals surface area contributed by atoms with Crippen LogP contribution in [-0.4, -0.2) is 52.8 Å². The van der Waals surface area contributed by atoms with Gasteiger partial charge in [0.1, 0.15) is 0 Å². The quantitative estimate of drug-likeness (QED) is 0.837. The second-order valence-electron chi connectivity index (χ2n) is 5.28. The summed E-state index contributed by atoms with van der Waals surface area (Å²) in [4.78, 5) is 33.1. The summed E-state index contributed by atoms with van der Waals surface area (Å²) in [6, 6.07) is 6.91. The van der Waals surface area contributed by atoms with Gasteiger partial charge in [0.05, 0.1) is 9.21 Å². The first-order chi connectivity index (χ1) is 11.1. The smallest absolute Gasteiger partial charge is 0.264 e. The van der Waals surface area contributed by atoms with E-state index in [4.69, 9.17) is 11.6 Å². The van der Waals surface area contributed by atoms with Crippen LogP contribution in [0.25, 0.3) is 0 Å². The topological polar surface area (TPSA) is 53.5 Å². The molecule has 0 radical (unpaired) electrons. The summed E-state index contributed by atoms with van der Waals surface area (Å²) in [7, 11) is 0. The Hall–Kier alpha value is -1.92. The van der Waals surface area contributed by atoms with E-state index < -0.39 is 0 Å². The van der Waals surface area contributed by atoms with Gasteiger partial charge >= 0.3 is 0 Å². The first-order valence-electron chi connectivity index (χ1n) is 7.39. The van der Waals surface area contributed by atoms with E-state index in [0.29, 0.717) is 41.0 Å². The number of halogens is 1. The predicted molar refractivity (Wildman–Crippen MR) is 90.0 cm³/mol. The average Bonchev–Trinajstić information content (AvgIpc) is 2.87. The molecule has 0 aliphatic carbocycles. The van der Waals surface area contributed by atoms with Crippen molar-refractivity contribution in [3.8, 4) is 0 Å². The number of hydrogen-bond donors (Lipinski definition) is 0. The molecule has 5 nitrogen and oxygen atoms in total. The maximum absolute atomic E-state index is 12.5. The van der Waals surface area contributed by atoms with Gasteiger partial charge in [-0.3, -0.25) is 14.6 Å². The van der Waals surface area contributed by atoms with E-state index in [9.17, 15) is 9.59 Å². The van der Waals surface area contributed by atoms with Crippen molar-refractivity contribution in [2.45, 2.75) is 6.42 Å². The van der Waals surface area contributed by atoms with E-state index >= 15 is 0 Å². The Balaban J connectivity index is 1.65. The number of amides is 2. The van der Waals surface area contributed by atoms with Crippen LogP contribution in [0.5, 0.6) is 0 Å². The summed E-state index contributed by atoms with van der Waals surface area (Å²) < 4.78 is 0.609. The van der Waals surface area contributed by atoms with E-state index in [1.54, 1.807) is 46.5 Å². The molecule has 2 aromatic heterocycles. The van der Waals surface area contributed by atoms with Gasteiger partial charge in [-0.25, -0.2) is 0 Å². The third-order valence-electron chi connectivity index (χ3n) is 3.78. The van der Waals surface area contributed by atoms with E-state index in [1.165, 1.54) is 11.3 Å². The summed E-state index contributed by atoms with van der Waals surface area (Å²) in [6.45, 7) is 2.36. The number of rotatable bonds is 2. The van der Waals surface area contributed by atoms with Gasteiger partial charge in [0.2, 0.25) is 0 Å². The van der Waals surface area contributed by atoms with E-state index in [2.05, 4.69) is 4.98 Å². The first kappa shape index (κ1) is 16.0. The monoisotopic (exact) mass is 349 g/mol. The molecule has 3 rings (SSSR count). The lowest BCUT2D eigenvalue weighted by atomic mass is 10.2. The van der Waals surface area contributed by atoms with Crippen LogP contribution in [0, 0.1) is 0 Å². The van der Waals surface area contributed by atoms with Crippen LogP contribution in [0.2, 0.25) is 4.34 Å². The van der Waals surface area contributed by atoms with Crippen LogP contribution in [0.4, 0.5) is 0 Å². The minimum Gasteiger partial charge on any atom is -0.337 e. The van der Waals surface area contributed by atoms with Gasteiger partial charge in [-0.15, -0.1) is 11.3 Å². The molecule has 0 N–H and O–H groups in total. The summed E-state index contributed by atoms with van der Waals surface area (Å²) in [5.74, 6) is -0.0269. The minimum atomic E-state index is -0.0138. The van der Waals surface area contributed by atoms with Crippen molar-refractivity contribution in [1.82, 2.24) is 14.8 Å². The van der Waals surface area contributed by atoms with E-state index in [-0.39, 0.29) is 11.8 Å². The number of pyridine rings is 1. The highest BCUT2D eigenvalue weighted by molar-refractivity contribution is 7.17. The molecule has 23 heavy (non-hydrogen) atoms. The fraction of sp³-hybridized carbons (Fsp3) is 0.312. The van der Waals surface area contributed by atoms with Gasteiger partial charge < -0.3 is 9.80 Å². The van der Waals surface area contributed by atoms with E-state index in [1.807, 2.05) is 0 Å². The molecule has 1 fully saturated rings. The zero-order chi connectivity index (χ0) is 16.2. The van der Waals surface area contributed by atoms with Crippen molar-refractivity contribution in [3.63, 3.8) is 0 Å². The fourth-order valence-electron chi connectivity index (χ4n) is 2.59. The zero-order valence-electron chi connectivity index (χ0n) is 12.4. The molecule has 7 heteroatoms. The van der Waals surface area contributed by atoms with Gasteiger partial charge in [0.25, 0.3) is 11.8 Å². The fourth-order valence-corrected chi connectivity index (χ4v) is 3.60. The van der Waals surface area contributed by atoms with Gasteiger partial charge in [-0.05, 0) is 30.7 Å². The lowest BCUT2D eigenvalue weighted by Gasteiger charge is -2.22. The van der Waals surface area contributed by atoms with Crippen LogP contribution >= 0.6 is 22.9 Å². The van der Waals surface area contributed by atoms with Crippen molar-refractivity contribution >= 4 is 34.8 Å². The van der Waals surface area contributed by atoms with E-state index in [0.717, 1.165) is 6.42 Å². The molecule has 3 heterocycles. The van der Waals surface area contributed by atoms with Crippen LogP contribution < -0.4 is 0 Å². The number of thiophene rings is 1. The lowest BCUT2D eigenvalue weighted by molar-refractivity contribution is 0.0721. The van der Waals surface area contributed by atoms with Gasteiger partial charge in [0, 0.05) is 44.1 Å². The normalized spacial score (nSPS) is 15.3. The molecular weight excluding hydrogens is 334 g/mol. The van der Waals surface area contributed by atoms with Gasteiger partial charge in [-0.2, -0.15) is 0 Å². The molecule has 1 aliphatic heterocycles. The Morgan fingerprint density at radius 1 is 0.957 bits per heavy atom. The largest absolute Gasteiger partial charge is 0.337 e. The van der Waals surface area contributed by atoms with Crippen molar-refractivity contribution < 1.29 is 9.59 Å². The molecule has 0 saturated carbocycles. The minimum absolute atomic E-state index is 0.0131. The molecule has 2 amide bonds. The van der Waals surface area contributed by atoms with Crippen molar-refractivity contribution in [2.24, 2.45) is 0 Å². The highest BCUT2D eigenvalue weighted by Gasteiger charge is 2.24. The van der Waals surface area contributed by atoms with Crippen LogP contribution in [0.15, 0.2) is 36.7 Å². The SMILES string of the molecule is O=C(c1ccncc1)N1CCCN(C(=O)c2ccc(Cl)s2)CC1. The maximum atomic E-state index is 12.5. The van der Waals surface area contributed by atoms with Crippen LogP contribution in [0.1, 0.15) is 26.5 Å². The third-order valence-corrected chi connectivity index (χ3v) is 5.00. The molecule has 0 aromatic carbocycles. The van der Waals surface area contributed by atoms with Crippen molar-refractivity contribution in [3.05, 3.63) is 51.4 Å². The molecule has 0 spiro atoms. The van der Waals surface area contributed by atoms with Crippen LogP contribution in [0.3, 0.4) is 0 Å². The second-order valence-corrected chi connectivity index (χ2v) is 6.99. The number of aromatic nitrogens is 1. The van der Waals surface area contributed by atoms with Crippen molar-refractivity contribution in [2.75, 3.05) is 26.2 Å². The molecule has 0 unspecified atom stereocenters. The average molecular weight is 350 g/mol. The van der Waals surface area contributed by atoms with Crippen molar-refractivity contribution in [1.29, 1.82) is 0 Å². The zero-order valence-corrected chi connectivity index (χ0v) is 14.0. The molecule has 2 aromatic rings. The number of nitrogens with zero attached hydrogens (tertiary/aromatic N) is 3. The molecular formula is C16H16ClN3O2S. The maximum Gasteiger partial charge on any atom is 0.264 e. The molecule has 1 saturated heterocycles. The second kappa shape index (κ2) is 7.10.